The Labute approximate surface area is 227 Å². The van der Waals surface area contributed by atoms with E-state index in [1.54, 1.807) is 31.3 Å². The molecule has 10 heteroatoms. The van der Waals surface area contributed by atoms with Gasteiger partial charge < -0.3 is 14.0 Å². The smallest absolute Gasteiger partial charge is 0.340 e. The van der Waals surface area contributed by atoms with Crippen LogP contribution in [-0.2, 0) is 16.5 Å². The van der Waals surface area contributed by atoms with Crippen molar-refractivity contribution in [2.24, 2.45) is 13.0 Å². The number of methoxy groups -OCH3 is 1. The van der Waals surface area contributed by atoms with E-state index in [0.717, 1.165) is 0 Å². The van der Waals surface area contributed by atoms with Crippen molar-refractivity contribution >= 4 is 27.9 Å². The van der Waals surface area contributed by atoms with E-state index >= 15 is 8.78 Å². The summed E-state index contributed by atoms with van der Waals surface area (Å²) in [4.78, 5) is 17.2. The molecule has 200 valence electrons. The number of ether oxygens (including phenoxy) is 2. The van der Waals surface area contributed by atoms with E-state index in [4.69, 9.17) is 13.6 Å². The Hall–Kier alpha value is -4.18. The van der Waals surface area contributed by atoms with Gasteiger partial charge in [0.05, 0.1) is 46.7 Å². The van der Waals surface area contributed by atoms with Crippen LogP contribution in [-0.4, -0.2) is 50.8 Å². The second-order valence-corrected chi connectivity index (χ2v) is 9.63. The number of hydrogen-bond donors (Lipinski definition) is 0. The highest BCUT2D eigenvalue weighted by Gasteiger charge is 2.32. The highest BCUT2D eigenvalue weighted by molar-refractivity contribution is 6.09. The molecule has 39 heavy (non-hydrogen) atoms. The van der Waals surface area contributed by atoms with Gasteiger partial charge in [0, 0.05) is 47.1 Å². The monoisotopic (exact) mass is 534 g/mol. The molecule has 0 amide bonds. The van der Waals surface area contributed by atoms with E-state index in [-0.39, 0.29) is 22.9 Å². The fourth-order valence-electron chi connectivity index (χ4n) is 5.65. The van der Waals surface area contributed by atoms with Crippen LogP contribution in [0.3, 0.4) is 0 Å². The quantitative estimate of drug-likeness (QED) is 0.282. The van der Waals surface area contributed by atoms with Gasteiger partial charge in [-0.15, -0.1) is 5.10 Å². The SMILES string of the molecule is [2H]C([2H])([2H])c1nnn(C)c1-c1cnc2c3cc(F)c(C(=O)OC)cc3n([C@H](c3ccccc3F)C3CCOCC3)c2c1. The first-order valence-corrected chi connectivity index (χ1v) is 12.5. The summed E-state index contributed by atoms with van der Waals surface area (Å²) in [5.74, 6) is -2.13. The maximum absolute atomic E-state index is 15.6. The van der Waals surface area contributed by atoms with Crippen molar-refractivity contribution in [3.8, 4) is 11.3 Å². The number of halogens is 2. The van der Waals surface area contributed by atoms with Crippen molar-refractivity contribution in [1.82, 2.24) is 24.5 Å². The molecule has 0 saturated carbocycles. The number of carbonyl (C=O) groups excluding carboxylic acids is 1. The van der Waals surface area contributed by atoms with Gasteiger partial charge in [-0.05, 0) is 49.9 Å². The largest absolute Gasteiger partial charge is 0.465 e. The molecule has 0 spiro atoms. The lowest BCUT2D eigenvalue weighted by Crippen LogP contribution is -2.27. The summed E-state index contributed by atoms with van der Waals surface area (Å²) in [6.07, 6.45) is 2.75. The first-order chi connectivity index (χ1) is 20.1. The van der Waals surface area contributed by atoms with Crippen LogP contribution in [0, 0.1) is 24.4 Å². The molecule has 1 atom stereocenters. The molecule has 0 N–H and O–H groups in total. The van der Waals surface area contributed by atoms with Crippen molar-refractivity contribution in [2.45, 2.75) is 25.7 Å². The number of rotatable bonds is 5. The number of carbonyl (C=O) groups is 1. The molecule has 5 aromatic rings. The summed E-state index contributed by atoms with van der Waals surface area (Å²) >= 11 is 0. The Kier molecular flexibility index (Phi) is 5.48. The summed E-state index contributed by atoms with van der Waals surface area (Å²) in [6.45, 7) is -1.57. The fourth-order valence-corrected chi connectivity index (χ4v) is 5.65. The Bertz CT molecular complexity index is 1830. The van der Waals surface area contributed by atoms with Crippen LogP contribution in [0.4, 0.5) is 8.78 Å². The maximum Gasteiger partial charge on any atom is 0.340 e. The number of nitrogens with zero attached hydrogens (tertiary/aromatic N) is 5. The Balaban J connectivity index is 1.72. The number of hydrogen-bond acceptors (Lipinski definition) is 6. The summed E-state index contributed by atoms with van der Waals surface area (Å²) < 4.78 is 68.4. The fraction of sp³-hybridized carbons (Fsp3) is 0.310. The first kappa shape index (κ1) is 21.7. The molecule has 1 fully saturated rings. The van der Waals surface area contributed by atoms with Crippen molar-refractivity contribution < 1.29 is 27.2 Å². The van der Waals surface area contributed by atoms with E-state index < -0.39 is 30.5 Å². The summed E-state index contributed by atoms with van der Waals surface area (Å²) in [5, 5.41) is 8.22. The van der Waals surface area contributed by atoms with Gasteiger partial charge in [0.25, 0.3) is 0 Å². The van der Waals surface area contributed by atoms with Gasteiger partial charge in [-0.1, -0.05) is 23.4 Å². The molecule has 1 aliphatic rings. The van der Waals surface area contributed by atoms with Crippen LogP contribution in [0.15, 0.2) is 48.7 Å². The van der Waals surface area contributed by atoms with Crippen LogP contribution in [0.25, 0.3) is 33.2 Å². The van der Waals surface area contributed by atoms with E-state index in [0.29, 0.717) is 59.1 Å². The van der Waals surface area contributed by atoms with Gasteiger partial charge in [0.2, 0.25) is 0 Å². The molecule has 2 aromatic carbocycles. The molecule has 0 aliphatic carbocycles. The van der Waals surface area contributed by atoms with E-state index in [9.17, 15) is 4.79 Å². The lowest BCUT2D eigenvalue weighted by molar-refractivity contribution is 0.0548. The third-order valence-electron chi connectivity index (χ3n) is 7.45. The maximum atomic E-state index is 15.6. The second-order valence-electron chi connectivity index (χ2n) is 9.63. The van der Waals surface area contributed by atoms with Gasteiger partial charge in [0.1, 0.15) is 11.6 Å². The van der Waals surface area contributed by atoms with Gasteiger partial charge in [-0.3, -0.25) is 4.98 Å². The Morgan fingerprint density at radius 3 is 2.69 bits per heavy atom. The molecule has 4 heterocycles. The third-order valence-corrected chi connectivity index (χ3v) is 7.45. The molecule has 1 saturated heterocycles. The number of fused-ring (bicyclic) bond motifs is 3. The van der Waals surface area contributed by atoms with Crippen LogP contribution in [0.5, 0.6) is 0 Å². The van der Waals surface area contributed by atoms with Gasteiger partial charge in [-0.2, -0.15) is 0 Å². The molecular weight excluding hydrogens is 504 g/mol. The zero-order chi connectivity index (χ0) is 29.8. The molecule has 3 aromatic heterocycles. The van der Waals surface area contributed by atoms with Gasteiger partial charge >= 0.3 is 5.97 Å². The topological polar surface area (TPSA) is 84.1 Å². The minimum atomic E-state index is -2.54. The van der Waals surface area contributed by atoms with Crippen molar-refractivity contribution in [2.75, 3.05) is 20.3 Å². The van der Waals surface area contributed by atoms with Gasteiger partial charge in [-0.25, -0.2) is 18.3 Å². The molecule has 6 rings (SSSR count). The summed E-state index contributed by atoms with van der Waals surface area (Å²) in [6, 6.07) is 10.3. The lowest BCUT2D eigenvalue weighted by atomic mass is 9.86. The third kappa shape index (κ3) is 4.15. The Morgan fingerprint density at radius 1 is 1.15 bits per heavy atom. The van der Waals surface area contributed by atoms with Crippen LogP contribution < -0.4 is 0 Å². The van der Waals surface area contributed by atoms with Crippen molar-refractivity contribution in [1.29, 1.82) is 0 Å². The average molecular weight is 535 g/mol. The minimum Gasteiger partial charge on any atom is -0.465 e. The predicted molar refractivity (Wildman–Crippen MR) is 141 cm³/mol. The average Bonchev–Trinajstić information content (AvgIpc) is 3.51. The van der Waals surface area contributed by atoms with Crippen molar-refractivity contribution in [3.05, 3.63) is 77.1 Å². The minimum absolute atomic E-state index is 0.0824. The van der Waals surface area contributed by atoms with Crippen LogP contribution in [0.1, 0.15) is 44.6 Å². The standard InChI is InChI=1S/C29H27F2N5O3/c1-16-27(35(2)34-33-16)18-12-25-26(32-15-18)21-13-23(31)20(29(37)38-3)14-24(21)36(25)28(17-8-10-39-11-9-17)19-6-4-5-7-22(19)30/h4-7,12-15,17,28H,8-11H2,1-3H3/t28-/m0/s1/i1D3. The number of benzene rings is 2. The van der Waals surface area contributed by atoms with Crippen LogP contribution >= 0.6 is 0 Å². The van der Waals surface area contributed by atoms with E-state index in [2.05, 4.69) is 15.3 Å². The first-order valence-electron chi connectivity index (χ1n) is 14.0. The van der Waals surface area contributed by atoms with Crippen molar-refractivity contribution in [3.63, 3.8) is 0 Å². The molecule has 0 radical (unpaired) electrons. The summed E-state index contributed by atoms with van der Waals surface area (Å²) in [5.41, 5.74) is 1.98. The van der Waals surface area contributed by atoms with E-state index in [1.165, 1.54) is 36.2 Å². The lowest BCUT2D eigenvalue weighted by Gasteiger charge is -2.33. The Morgan fingerprint density at radius 2 is 1.95 bits per heavy atom. The molecule has 8 nitrogen and oxygen atoms in total. The normalized spacial score (nSPS) is 16.7. The number of pyridine rings is 1. The van der Waals surface area contributed by atoms with E-state index in [1.807, 2.05) is 4.57 Å². The number of aryl methyl sites for hydroxylation is 2. The second kappa shape index (κ2) is 9.85. The summed E-state index contributed by atoms with van der Waals surface area (Å²) in [7, 11) is 2.75. The molecule has 0 bridgehead atoms. The zero-order valence-electron chi connectivity index (χ0n) is 24.3. The van der Waals surface area contributed by atoms with Crippen LogP contribution in [0.2, 0.25) is 0 Å². The molecular formula is C29H27F2N5O3. The zero-order valence-corrected chi connectivity index (χ0v) is 21.3. The van der Waals surface area contributed by atoms with Gasteiger partial charge in [0.15, 0.2) is 0 Å². The number of aromatic nitrogens is 5. The highest BCUT2D eigenvalue weighted by atomic mass is 19.1. The number of esters is 1. The highest BCUT2D eigenvalue weighted by Crippen LogP contribution is 2.42. The molecule has 1 aliphatic heterocycles. The molecule has 0 unspecified atom stereocenters. The predicted octanol–water partition coefficient (Wildman–Crippen LogP) is 5.37.